The molecule has 0 fully saturated rings. The molecule has 3 amide bonds. The first-order valence-electron chi connectivity index (χ1n) is 20.0. The molecule has 1 aromatic heterocycles. The van der Waals surface area contributed by atoms with Gasteiger partial charge in [-0.05, 0) is 20.8 Å². The van der Waals surface area contributed by atoms with Crippen LogP contribution in [-0.4, -0.2) is 165 Å². The van der Waals surface area contributed by atoms with Gasteiger partial charge in [0.25, 0.3) is 0 Å². The molecule has 0 unspecified atom stereocenters. The number of nitrogens with zero attached hydrogens (tertiary/aromatic N) is 3. The molecule has 0 aromatic carbocycles. The van der Waals surface area contributed by atoms with Crippen molar-refractivity contribution in [2.24, 2.45) is 0 Å². The van der Waals surface area contributed by atoms with Crippen LogP contribution >= 0.6 is 0 Å². The molecule has 0 bridgehead atoms. The Morgan fingerprint density at radius 3 is 0.750 bits per heavy atom. The highest BCUT2D eigenvalue weighted by atomic mass is 16.6. The first kappa shape index (κ1) is 60.7. The van der Waals surface area contributed by atoms with Crippen LogP contribution in [0.1, 0.15) is 20.8 Å². The number of esters is 9. The topological polar surface area (TPSA) is 418 Å². The molecule has 1 rings (SSSR count). The van der Waals surface area contributed by atoms with Gasteiger partial charge in [-0.25, -0.2) is 85.6 Å². The average molecular weight is 1030 g/mol. The second kappa shape index (κ2) is 32.4. The highest BCUT2D eigenvalue weighted by Crippen LogP contribution is 1.96. The van der Waals surface area contributed by atoms with Gasteiger partial charge in [-0.1, -0.05) is 19.7 Å². The molecular formula is C39H48N6O27. The van der Waals surface area contributed by atoms with Gasteiger partial charge in [0.05, 0.1) is 0 Å². The maximum absolute atomic E-state index is 13.3. The largest absolute Gasteiger partial charge is 0.460 e. The minimum atomic E-state index is -1.56. The summed E-state index contributed by atoms with van der Waals surface area (Å²) in [5, 5.41) is 5.68. The minimum absolute atomic E-state index is 0.0921. The summed E-state index contributed by atoms with van der Waals surface area (Å²) in [7, 11) is 0. The van der Waals surface area contributed by atoms with E-state index in [0.717, 1.165) is 0 Å². The average Bonchev–Trinajstić information content (AvgIpc) is 3.33. The molecule has 0 radical (unpaired) electrons. The maximum atomic E-state index is 13.3. The second-order valence-corrected chi connectivity index (χ2v) is 13.3. The number of carbonyl (C=O) groups excluding carboxylic acids is 12. The van der Waals surface area contributed by atoms with Gasteiger partial charge in [0.1, 0.15) is 59.6 Å². The number of hydrogen-bond acceptors (Lipinski definition) is 27. The zero-order chi connectivity index (χ0) is 54.3. The number of rotatable bonds is 30. The van der Waals surface area contributed by atoms with Crippen LogP contribution in [0.15, 0.2) is 50.8 Å². The predicted molar refractivity (Wildman–Crippen MR) is 226 cm³/mol. The number of hydrogen-bond donors (Lipinski definition) is 3. The number of amides is 3. The molecule has 0 saturated carbocycles. The lowest BCUT2D eigenvalue weighted by molar-refractivity contribution is -0.162. The summed E-state index contributed by atoms with van der Waals surface area (Å²) in [4.78, 5) is 182. The Bertz CT molecular complexity index is 2140. The van der Waals surface area contributed by atoms with Gasteiger partial charge >= 0.3 is 89.1 Å². The summed E-state index contributed by atoms with van der Waals surface area (Å²) < 4.78 is 56.1. The lowest BCUT2D eigenvalue weighted by atomic mass is 10.4. The zero-order valence-electron chi connectivity index (χ0n) is 38.6. The molecule has 33 nitrogen and oxygen atoms in total. The van der Waals surface area contributed by atoms with Gasteiger partial charge < -0.3 is 72.8 Å². The first-order valence-corrected chi connectivity index (χ1v) is 20.0. The number of nitrogens with one attached hydrogen (secondary N) is 3. The van der Waals surface area contributed by atoms with E-state index in [-0.39, 0.29) is 50.2 Å². The fraction of sp³-hybridized carbons (Fsp3) is 0.462. The van der Waals surface area contributed by atoms with E-state index in [2.05, 4.69) is 62.4 Å². The summed E-state index contributed by atoms with van der Waals surface area (Å²) in [5.74, 6) is -9.35. The predicted octanol–water partition coefficient (Wildman–Crippen LogP) is -4.16. The van der Waals surface area contributed by atoms with Crippen molar-refractivity contribution < 1.29 is 114 Å². The van der Waals surface area contributed by atoms with Gasteiger partial charge in [-0.15, -0.1) is 0 Å². The highest BCUT2D eigenvalue weighted by molar-refractivity contribution is 5.88. The fourth-order valence-electron chi connectivity index (χ4n) is 3.95. The van der Waals surface area contributed by atoms with Crippen molar-refractivity contribution in [3.05, 3.63) is 67.9 Å². The minimum Gasteiger partial charge on any atom is -0.460 e. The first-order chi connectivity index (χ1) is 33.9. The third kappa shape index (κ3) is 25.2. The fourth-order valence-corrected chi connectivity index (χ4v) is 3.95. The van der Waals surface area contributed by atoms with E-state index in [9.17, 15) is 71.9 Å². The molecule has 0 saturated heterocycles. The summed E-state index contributed by atoms with van der Waals surface area (Å²) in [6.07, 6.45) is -4.50. The summed E-state index contributed by atoms with van der Waals surface area (Å²) >= 11 is 0. The quantitative estimate of drug-likeness (QED) is 0.0285. The van der Waals surface area contributed by atoms with E-state index in [1.807, 2.05) is 16.0 Å². The smallest absolute Gasteiger partial charge is 0.409 e. The zero-order valence-corrected chi connectivity index (χ0v) is 38.6. The van der Waals surface area contributed by atoms with Gasteiger partial charge in [0, 0.05) is 16.7 Å². The third-order valence-corrected chi connectivity index (χ3v) is 7.33. The molecule has 33 heteroatoms. The number of carbonyl (C=O) groups is 12. The molecule has 0 aliphatic rings. The summed E-state index contributed by atoms with van der Waals surface area (Å²) in [6.45, 7) is 2.25. The Hall–Kier alpha value is -9.33. The van der Waals surface area contributed by atoms with E-state index in [1.54, 1.807) is 0 Å². The molecule has 0 aliphatic carbocycles. The molecule has 0 atom stereocenters. The lowest BCUT2D eigenvalue weighted by Crippen LogP contribution is -2.58. The number of alkyl carbamates (subject to hydrolysis) is 3. The Balaban J connectivity index is 2.95. The monoisotopic (exact) mass is 1030 g/mol. The van der Waals surface area contributed by atoms with Crippen molar-refractivity contribution in [2.45, 2.75) is 40.8 Å². The van der Waals surface area contributed by atoms with Gasteiger partial charge in [-0.3, -0.25) is 0 Å². The third-order valence-electron chi connectivity index (χ3n) is 7.33. The Morgan fingerprint density at radius 2 is 0.528 bits per heavy atom. The van der Waals surface area contributed by atoms with Gasteiger partial charge in [-0.2, -0.15) is 0 Å². The van der Waals surface area contributed by atoms with E-state index in [0.29, 0.717) is 0 Å². The SMILES string of the molecule is C=C(C)C(=O)OCCOC(=O)COC(=O)COC(=O)NCn1c(=O)n(CNC(=O)OCC(=O)OCC(=O)OCCOC(=O)C(=C)C)c(=O)n(CNC(=O)OCC(=O)OCC(=O)OCCOC(=O)C(=C)C)c1=O. The summed E-state index contributed by atoms with van der Waals surface area (Å²) in [6, 6.07) is 0. The van der Waals surface area contributed by atoms with Crippen LogP contribution in [0.2, 0.25) is 0 Å². The van der Waals surface area contributed by atoms with Crippen molar-refractivity contribution in [1.29, 1.82) is 0 Å². The van der Waals surface area contributed by atoms with Crippen LogP contribution in [0.25, 0.3) is 0 Å². The van der Waals surface area contributed by atoms with Gasteiger partial charge in [0.15, 0.2) is 39.6 Å². The molecule has 1 heterocycles. The standard InChI is InChI=1S/C39H48N6O27/c1-22(2)31(52)64-10-7-61-25(46)13-67-28(49)16-70-34(55)40-19-43-37(58)44(20-41-35(56)71-17-29(50)68-14-26(47)62-8-11-65-32(53)23(3)4)39(60)45(38(43)59)21-42-36(57)72-18-30(51)69-15-27(48)63-9-12-66-33(54)24(5)6/h1,3,5,7-21H2,2,4,6H3,(H,40,55)(H,41,56)(H,42,57). The van der Waals surface area contributed by atoms with Crippen LogP contribution < -0.4 is 33.0 Å². The number of ether oxygens (including phenoxy) is 12. The van der Waals surface area contributed by atoms with Gasteiger partial charge in [0.2, 0.25) is 0 Å². The molecule has 0 aliphatic heterocycles. The van der Waals surface area contributed by atoms with Crippen molar-refractivity contribution in [2.75, 3.05) is 79.3 Å². The van der Waals surface area contributed by atoms with Crippen molar-refractivity contribution >= 4 is 72.0 Å². The Kier molecular flexibility index (Phi) is 27.3. The van der Waals surface area contributed by atoms with Crippen LogP contribution in [0.4, 0.5) is 14.4 Å². The number of aromatic nitrogens is 3. The van der Waals surface area contributed by atoms with Crippen LogP contribution in [0.3, 0.4) is 0 Å². The van der Waals surface area contributed by atoms with Crippen LogP contribution in [0, 0.1) is 0 Å². The molecule has 396 valence electrons. The highest BCUT2D eigenvalue weighted by Gasteiger charge is 2.21. The van der Waals surface area contributed by atoms with Crippen molar-refractivity contribution in [1.82, 2.24) is 29.7 Å². The summed E-state index contributed by atoms with van der Waals surface area (Å²) in [5.41, 5.74) is -4.40. The van der Waals surface area contributed by atoms with E-state index in [1.165, 1.54) is 20.8 Å². The van der Waals surface area contributed by atoms with Crippen LogP contribution in [0.5, 0.6) is 0 Å². The molecule has 3 N–H and O–H groups in total. The molecule has 0 spiro atoms. The maximum Gasteiger partial charge on any atom is 0.409 e. The van der Waals surface area contributed by atoms with E-state index in [4.69, 9.17) is 14.2 Å². The van der Waals surface area contributed by atoms with Crippen molar-refractivity contribution in [3.8, 4) is 0 Å². The Labute approximate surface area is 403 Å². The normalized spacial score (nSPS) is 10.0. The van der Waals surface area contributed by atoms with E-state index >= 15 is 0 Å². The Morgan fingerprint density at radius 1 is 0.333 bits per heavy atom. The molecular weight excluding hydrogens is 984 g/mol. The van der Waals surface area contributed by atoms with E-state index < -0.39 is 169 Å². The second-order valence-electron chi connectivity index (χ2n) is 13.3. The molecule has 72 heavy (non-hydrogen) atoms. The van der Waals surface area contributed by atoms with Crippen LogP contribution in [-0.2, 0) is 120 Å². The molecule has 1 aromatic rings. The lowest BCUT2D eigenvalue weighted by Gasteiger charge is -2.15. The van der Waals surface area contributed by atoms with Crippen molar-refractivity contribution in [3.63, 3.8) is 0 Å².